The maximum atomic E-state index is 13.5. The largest absolute Gasteiger partial charge is 0.367 e. The lowest BCUT2D eigenvalue weighted by atomic mass is 10.0. The van der Waals surface area contributed by atoms with Gasteiger partial charge in [0, 0.05) is 43.4 Å². The third-order valence-corrected chi connectivity index (χ3v) is 8.12. The van der Waals surface area contributed by atoms with Crippen LogP contribution in [0.3, 0.4) is 0 Å². The summed E-state index contributed by atoms with van der Waals surface area (Å²) >= 11 is 0. The fourth-order valence-corrected chi connectivity index (χ4v) is 5.85. The van der Waals surface area contributed by atoms with Gasteiger partial charge < -0.3 is 14.4 Å². The average molecular weight is 584 g/mol. The van der Waals surface area contributed by atoms with Crippen LogP contribution in [0.2, 0.25) is 0 Å². The number of benzene rings is 4. The molecule has 0 saturated carbocycles. The number of anilines is 1. The molecule has 7 nitrogen and oxygen atoms in total. The molecule has 1 saturated heterocycles. The first-order valence-electron chi connectivity index (χ1n) is 14.9. The number of aromatic nitrogens is 1. The van der Waals surface area contributed by atoms with Gasteiger partial charge in [0.1, 0.15) is 0 Å². The number of carbonyl (C=O) groups excluding carboxylic acids is 3. The molecule has 0 N–H and O–H groups in total. The van der Waals surface area contributed by atoms with Gasteiger partial charge in [-0.1, -0.05) is 97.1 Å². The molecule has 0 spiro atoms. The average Bonchev–Trinajstić information content (AvgIpc) is 3.06. The molecule has 220 valence electrons. The summed E-state index contributed by atoms with van der Waals surface area (Å²) in [5.74, 6) is -2.11. The van der Waals surface area contributed by atoms with E-state index < -0.39 is 29.5 Å². The van der Waals surface area contributed by atoms with Crippen molar-refractivity contribution in [2.45, 2.75) is 19.4 Å². The quantitative estimate of drug-likeness (QED) is 0.137. The molecule has 0 aliphatic carbocycles. The van der Waals surface area contributed by atoms with E-state index in [0.29, 0.717) is 32.6 Å². The van der Waals surface area contributed by atoms with Gasteiger partial charge in [0.2, 0.25) is 5.78 Å². The summed E-state index contributed by atoms with van der Waals surface area (Å²) in [6.07, 6.45) is 1.64. The first kappa shape index (κ1) is 28.8. The molecule has 44 heavy (non-hydrogen) atoms. The highest BCUT2D eigenvalue weighted by atomic mass is 16.2. The first-order chi connectivity index (χ1) is 21.5. The van der Waals surface area contributed by atoms with Crippen LogP contribution < -0.4 is 10.5 Å². The monoisotopic (exact) mass is 583 g/mol. The lowest BCUT2D eigenvalue weighted by molar-refractivity contribution is -0.144. The summed E-state index contributed by atoms with van der Waals surface area (Å²) in [6.45, 7) is 2.19. The van der Waals surface area contributed by atoms with Crippen LogP contribution in [0.1, 0.15) is 33.5 Å². The number of pyridine rings is 1. The number of amides is 1. The molecule has 1 aliphatic rings. The highest BCUT2D eigenvalue weighted by Crippen LogP contribution is 2.27. The SMILES string of the molecule is O=C(CC(=O)c1cc(Cc2ccccc2)cn(Cc2ccccc2)c1=O)C(=O)N1CCN(c2cccc3ccccc23)CC1. The molecular formula is C37H33N3O4. The number of ketones is 2. The first-order valence-corrected chi connectivity index (χ1v) is 14.9. The van der Waals surface area contributed by atoms with Crippen molar-refractivity contribution in [2.75, 3.05) is 31.1 Å². The molecular weight excluding hydrogens is 550 g/mol. The topological polar surface area (TPSA) is 79.7 Å². The Bertz CT molecular complexity index is 1870. The summed E-state index contributed by atoms with van der Waals surface area (Å²) in [6, 6.07) is 35.2. The molecule has 0 bridgehead atoms. The molecule has 5 aromatic rings. The Hall–Kier alpha value is -5.30. The highest BCUT2D eigenvalue weighted by Gasteiger charge is 2.29. The number of Topliss-reactive ketones (excluding diaryl/α,β-unsaturated/α-hetero) is 2. The number of hydrogen-bond acceptors (Lipinski definition) is 5. The van der Waals surface area contributed by atoms with Gasteiger partial charge in [-0.3, -0.25) is 19.2 Å². The predicted molar refractivity (Wildman–Crippen MR) is 172 cm³/mol. The summed E-state index contributed by atoms with van der Waals surface area (Å²) in [5, 5.41) is 2.29. The zero-order chi connectivity index (χ0) is 30.5. The second-order valence-corrected chi connectivity index (χ2v) is 11.1. The predicted octanol–water partition coefficient (Wildman–Crippen LogP) is 5.13. The summed E-state index contributed by atoms with van der Waals surface area (Å²) < 4.78 is 1.51. The van der Waals surface area contributed by atoms with Gasteiger partial charge in [0.25, 0.3) is 11.5 Å². The van der Waals surface area contributed by atoms with Crippen LogP contribution in [0.4, 0.5) is 5.69 Å². The van der Waals surface area contributed by atoms with Crippen molar-refractivity contribution in [3.63, 3.8) is 0 Å². The summed E-state index contributed by atoms with van der Waals surface area (Å²) in [5.41, 5.74) is 3.27. The van der Waals surface area contributed by atoms with Gasteiger partial charge >= 0.3 is 0 Å². The smallest absolute Gasteiger partial charge is 0.290 e. The molecule has 1 aromatic heterocycles. The number of carbonyl (C=O) groups is 3. The third kappa shape index (κ3) is 6.37. The van der Waals surface area contributed by atoms with E-state index in [1.165, 1.54) is 9.47 Å². The van der Waals surface area contributed by atoms with Gasteiger partial charge in [0.15, 0.2) is 5.78 Å². The minimum absolute atomic E-state index is 0.0729. The fourth-order valence-electron chi connectivity index (χ4n) is 5.85. The molecule has 2 heterocycles. The van der Waals surface area contributed by atoms with Crippen molar-refractivity contribution < 1.29 is 14.4 Å². The Labute approximate surface area is 256 Å². The summed E-state index contributed by atoms with van der Waals surface area (Å²) in [7, 11) is 0. The molecule has 0 atom stereocenters. The fraction of sp³-hybridized carbons (Fsp3) is 0.189. The van der Waals surface area contributed by atoms with Crippen molar-refractivity contribution in [1.29, 1.82) is 0 Å². The van der Waals surface area contributed by atoms with E-state index in [4.69, 9.17) is 0 Å². The second kappa shape index (κ2) is 12.9. The van der Waals surface area contributed by atoms with Gasteiger partial charge in [0.05, 0.1) is 18.5 Å². The van der Waals surface area contributed by atoms with E-state index in [1.54, 1.807) is 12.3 Å². The number of rotatable bonds is 9. The van der Waals surface area contributed by atoms with E-state index in [0.717, 1.165) is 33.2 Å². The van der Waals surface area contributed by atoms with Crippen LogP contribution in [0.25, 0.3) is 10.8 Å². The van der Waals surface area contributed by atoms with Crippen LogP contribution in [-0.2, 0) is 22.6 Å². The van der Waals surface area contributed by atoms with E-state index in [9.17, 15) is 19.2 Å². The Morgan fingerprint density at radius 3 is 2.02 bits per heavy atom. The van der Waals surface area contributed by atoms with Gasteiger partial charge in [-0.15, -0.1) is 0 Å². The van der Waals surface area contributed by atoms with Crippen molar-refractivity contribution in [2.24, 2.45) is 0 Å². The lowest BCUT2D eigenvalue weighted by Gasteiger charge is -2.36. The zero-order valence-electron chi connectivity index (χ0n) is 24.4. The maximum Gasteiger partial charge on any atom is 0.290 e. The molecule has 1 fully saturated rings. The lowest BCUT2D eigenvalue weighted by Crippen LogP contribution is -2.51. The van der Waals surface area contributed by atoms with Crippen molar-refractivity contribution >= 4 is 33.9 Å². The molecule has 7 heteroatoms. The summed E-state index contributed by atoms with van der Waals surface area (Å²) in [4.78, 5) is 56.8. The Balaban J connectivity index is 1.16. The molecule has 0 unspecified atom stereocenters. The van der Waals surface area contributed by atoms with E-state index in [2.05, 4.69) is 29.2 Å². The van der Waals surface area contributed by atoms with Crippen molar-refractivity contribution in [3.8, 4) is 0 Å². The van der Waals surface area contributed by atoms with Gasteiger partial charge in [-0.25, -0.2) is 0 Å². The Morgan fingerprint density at radius 1 is 0.659 bits per heavy atom. The standard InChI is InChI=1S/C37H33N3O4/c41-34(24-35(42)37(44)39-20-18-38(19-21-39)33-17-9-15-30-14-7-8-16-31(30)33)32-23-29(22-27-10-3-1-4-11-27)26-40(36(32)43)25-28-12-5-2-6-13-28/h1-17,23,26H,18-22,24-25H2. The van der Waals surface area contributed by atoms with Gasteiger partial charge in [-0.05, 0) is 40.6 Å². The van der Waals surface area contributed by atoms with E-state index in [1.807, 2.05) is 78.9 Å². The molecule has 1 aliphatic heterocycles. The van der Waals surface area contributed by atoms with Crippen LogP contribution >= 0.6 is 0 Å². The van der Waals surface area contributed by atoms with E-state index >= 15 is 0 Å². The number of fused-ring (bicyclic) bond motifs is 1. The second-order valence-electron chi connectivity index (χ2n) is 11.1. The van der Waals surface area contributed by atoms with Crippen molar-refractivity contribution in [1.82, 2.24) is 9.47 Å². The van der Waals surface area contributed by atoms with Crippen LogP contribution in [-0.4, -0.2) is 53.1 Å². The van der Waals surface area contributed by atoms with Crippen LogP contribution in [0.15, 0.2) is 120 Å². The molecule has 6 rings (SSSR count). The van der Waals surface area contributed by atoms with Gasteiger partial charge in [-0.2, -0.15) is 0 Å². The van der Waals surface area contributed by atoms with Crippen LogP contribution in [0.5, 0.6) is 0 Å². The Kier molecular flexibility index (Phi) is 8.46. The third-order valence-electron chi connectivity index (χ3n) is 8.12. The van der Waals surface area contributed by atoms with Crippen LogP contribution in [0, 0.1) is 0 Å². The Morgan fingerprint density at radius 2 is 1.30 bits per heavy atom. The molecule has 4 aromatic carbocycles. The maximum absolute atomic E-state index is 13.5. The number of hydrogen-bond donors (Lipinski definition) is 0. The number of nitrogens with zero attached hydrogens (tertiary/aromatic N) is 3. The molecule has 1 amide bonds. The van der Waals surface area contributed by atoms with E-state index in [-0.39, 0.29) is 12.1 Å². The normalized spacial score (nSPS) is 13.2. The highest BCUT2D eigenvalue weighted by molar-refractivity contribution is 6.40. The minimum Gasteiger partial charge on any atom is -0.367 e. The zero-order valence-corrected chi connectivity index (χ0v) is 24.4. The van der Waals surface area contributed by atoms with Crippen molar-refractivity contribution in [3.05, 3.63) is 148 Å². The number of piperazine rings is 1. The minimum atomic E-state index is -0.795. The molecule has 0 radical (unpaired) electrons.